The van der Waals surface area contributed by atoms with Gasteiger partial charge in [0.25, 0.3) is 5.91 Å². The van der Waals surface area contributed by atoms with Crippen LogP contribution in [0.4, 0.5) is 5.82 Å². The number of carbonyl (C=O) groups is 1. The normalized spacial score (nSPS) is 18.4. The van der Waals surface area contributed by atoms with Crippen LogP contribution < -0.4 is 15.4 Å². The molecule has 0 aromatic carbocycles. The molecular weight excluding hydrogens is 418 g/mol. The van der Waals surface area contributed by atoms with E-state index < -0.39 is 0 Å². The highest BCUT2D eigenvalue weighted by atomic mass is 16.5. The van der Waals surface area contributed by atoms with Crippen molar-refractivity contribution in [3.63, 3.8) is 0 Å². The summed E-state index contributed by atoms with van der Waals surface area (Å²) in [6.07, 6.45) is 10.8. The molecule has 0 bridgehead atoms. The number of anilines is 1. The van der Waals surface area contributed by atoms with Gasteiger partial charge in [0.2, 0.25) is 0 Å². The number of terminal acetylenes is 1. The van der Waals surface area contributed by atoms with E-state index in [0.29, 0.717) is 44.0 Å². The van der Waals surface area contributed by atoms with Gasteiger partial charge in [0.05, 0.1) is 37.4 Å². The summed E-state index contributed by atoms with van der Waals surface area (Å²) in [5.74, 6) is 3.38. The first kappa shape index (κ1) is 22.1. The minimum Gasteiger partial charge on any atom is -0.492 e. The molecule has 0 saturated carbocycles. The number of nitrogens with zero attached hydrogens (tertiary/aromatic N) is 6. The summed E-state index contributed by atoms with van der Waals surface area (Å²) in [7, 11) is 0. The molecule has 9 nitrogen and oxygen atoms in total. The molecule has 0 spiro atoms. The number of nitriles is 1. The summed E-state index contributed by atoms with van der Waals surface area (Å²) >= 11 is 0. The maximum Gasteiger partial charge on any atom is 0.299 e. The van der Waals surface area contributed by atoms with Crippen LogP contribution in [0.1, 0.15) is 19.0 Å². The predicted molar refractivity (Wildman–Crippen MR) is 124 cm³/mol. The summed E-state index contributed by atoms with van der Waals surface area (Å²) in [6, 6.07) is 8.15. The van der Waals surface area contributed by atoms with Crippen molar-refractivity contribution >= 4 is 17.3 Å². The number of nitrogens with two attached hydrogens (primary N) is 1. The van der Waals surface area contributed by atoms with Gasteiger partial charge in [-0.15, -0.1) is 6.42 Å². The van der Waals surface area contributed by atoms with Crippen LogP contribution in [-0.4, -0.2) is 64.8 Å². The van der Waals surface area contributed by atoms with Crippen molar-refractivity contribution in [1.29, 1.82) is 5.26 Å². The zero-order chi connectivity index (χ0) is 23.4. The zero-order valence-electron chi connectivity index (χ0n) is 18.4. The maximum atomic E-state index is 11.9. The third-order valence-electron chi connectivity index (χ3n) is 5.89. The lowest BCUT2D eigenvalue weighted by Crippen LogP contribution is -2.48. The molecule has 33 heavy (non-hydrogen) atoms. The molecule has 2 saturated heterocycles. The van der Waals surface area contributed by atoms with Gasteiger partial charge < -0.3 is 20.3 Å². The topological polar surface area (TPSA) is 112 Å². The van der Waals surface area contributed by atoms with E-state index in [-0.39, 0.29) is 11.5 Å². The van der Waals surface area contributed by atoms with E-state index in [1.807, 2.05) is 25.1 Å². The lowest BCUT2D eigenvalue weighted by Gasteiger charge is -2.37. The second kappa shape index (κ2) is 9.60. The van der Waals surface area contributed by atoms with E-state index in [2.05, 4.69) is 31.8 Å². The highest BCUT2D eigenvalue weighted by Crippen LogP contribution is 2.31. The monoisotopic (exact) mass is 443 g/mol. The quantitative estimate of drug-likeness (QED) is 0.548. The number of pyridine rings is 2. The van der Waals surface area contributed by atoms with Crippen LogP contribution in [0, 0.1) is 23.7 Å². The maximum absolute atomic E-state index is 11.9. The highest BCUT2D eigenvalue weighted by Gasteiger charge is 2.36. The van der Waals surface area contributed by atoms with Crippen LogP contribution in [0.25, 0.3) is 16.7 Å². The van der Waals surface area contributed by atoms with Crippen LogP contribution in [0.3, 0.4) is 0 Å². The second-order valence-electron chi connectivity index (χ2n) is 7.85. The standard InChI is InChI=1S/C24H25N7O2/c1-3-23(32)30-14-19-7-8-29(15-31(19)16-30)22-6-5-17(12-27-22)21-9-20(33-4-2)13-28-24(21)18(10-25)11-26/h1,5-6,9-10,12-13,19H,4,7-8,14-16,25H2,2H3/b18-10-. The largest absolute Gasteiger partial charge is 0.492 e. The highest BCUT2D eigenvalue weighted by molar-refractivity contribution is 5.93. The fourth-order valence-corrected chi connectivity index (χ4v) is 4.24. The molecule has 2 aliphatic rings. The van der Waals surface area contributed by atoms with Gasteiger partial charge in [-0.3, -0.25) is 14.7 Å². The first-order valence-electron chi connectivity index (χ1n) is 10.7. The fraction of sp³-hybridized carbons (Fsp3) is 0.333. The lowest BCUT2D eigenvalue weighted by atomic mass is 10.0. The van der Waals surface area contributed by atoms with E-state index in [9.17, 15) is 10.1 Å². The molecule has 2 aromatic rings. The number of rotatable bonds is 5. The molecule has 4 heterocycles. The van der Waals surface area contributed by atoms with Gasteiger partial charge in [-0.1, -0.05) is 0 Å². The van der Waals surface area contributed by atoms with Gasteiger partial charge in [0, 0.05) is 42.7 Å². The third kappa shape index (κ3) is 4.45. The van der Waals surface area contributed by atoms with E-state index in [0.717, 1.165) is 29.9 Å². The Bertz CT molecular complexity index is 1150. The van der Waals surface area contributed by atoms with E-state index >= 15 is 0 Å². The van der Waals surface area contributed by atoms with Crippen molar-refractivity contribution in [2.24, 2.45) is 5.73 Å². The Labute approximate surface area is 193 Å². The van der Waals surface area contributed by atoms with E-state index in [1.165, 1.54) is 6.20 Å². The molecule has 2 aromatic heterocycles. The van der Waals surface area contributed by atoms with Crippen LogP contribution in [0.2, 0.25) is 0 Å². The van der Waals surface area contributed by atoms with Gasteiger partial charge >= 0.3 is 0 Å². The Morgan fingerprint density at radius 2 is 2.21 bits per heavy atom. The molecule has 2 aliphatic heterocycles. The number of aromatic nitrogens is 2. The number of amides is 1. The number of carbonyl (C=O) groups excluding carboxylic acids is 1. The molecule has 9 heteroatoms. The Morgan fingerprint density at radius 3 is 2.88 bits per heavy atom. The molecule has 0 radical (unpaired) electrons. The van der Waals surface area contributed by atoms with Crippen LogP contribution in [0.15, 0.2) is 36.8 Å². The van der Waals surface area contributed by atoms with E-state index in [1.54, 1.807) is 17.3 Å². The third-order valence-corrected chi connectivity index (χ3v) is 5.89. The summed E-state index contributed by atoms with van der Waals surface area (Å²) in [6.45, 7) is 5.12. The summed E-state index contributed by atoms with van der Waals surface area (Å²) in [5, 5.41) is 9.45. The SMILES string of the molecule is C#CC(=O)N1CC2CCN(c3ccc(-c4cc(OCC)cnc4/C(C#N)=C\N)cn3)CN2C1. The van der Waals surface area contributed by atoms with Crippen molar-refractivity contribution in [1.82, 2.24) is 19.8 Å². The Balaban J connectivity index is 1.56. The molecule has 4 rings (SSSR count). The average molecular weight is 444 g/mol. The predicted octanol–water partition coefficient (Wildman–Crippen LogP) is 1.64. The molecule has 1 unspecified atom stereocenters. The zero-order valence-corrected chi connectivity index (χ0v) is 18.4. The molecule has 168 valence electrons. The van der Waals surface area contributed by atoms with Crippen molar-refractivity contribution in [3.8, 4) is 35.3 Å². The summed E-state index contributed by atoms with van der Waals surface area (Å²) in [5.41, 5.74) is 7.93. The molecule has 1 atom stereocenters. The van der Waals surface area contributed by atoms with Gasteiger partial charge in [0.15, 0.2) is 0 Å². The first-order chi connectivity index (χ1) is 16.1. The number of hydrogen-bond acceptors (Lipinski definition) is 8. The van der Waals surface area contributed by atoms with Crippen molar-refractivity contribution in [2.45, 2.75) is 19.4 Å². The second-order valence-corrected chi connectivity index (χ2v) is 7.85. The van der Waals surface area contributed by atoms with Gasteiger partial charge in [-0.05, 0) is 37.5 Å². The lowest BCUT2D eigenvalue weighted by molar-refractivity contribution is -0.124. The van der Waals surface area contributed by atoms with Crippen LogP contribution in [0.5, 0.6) is 5.75 Å². The Kier molecular flexibility index (Phi) is 6.43. The van der Waals surface area contributed by atoms with Gasteiger partial charge in [0.1, 0.15) is 17.6 Å². The Morgan fingerprint density at radius 1 is 1.36 bits per heavy atom. The average Bonchev–Trinajstić information content (AvgIpc) is 3.29. The number of fused-ring (bicyclic) bond motifs is 1. The number of hydrogen-bond donors (Lipinski definition) is 1. The minimum atomic E-state index is -0.264. The smallest absolute Gasteiger partial charge is 0.299 e. The number of ether oxygens (including phenoxy) is 1. The molecule has 2 fully saturated rings. The van der Waals surface area contributed by atoms with Crippen LogP contribution in [-0.2, 0) is 4.79 Å². The summed E-state index contributed by atoms with van der Waals surface area (Å²) in [4.78, 5) is 27.1. The molecule has 2 N–H and O–H groups in total. The fourth-order valence-electron chi connectivity index (χ4n) is 4.24. The summed E-state index contributed by atoms with van der Waals surface area (Å²) < 4.78 is 5.59. The van der Waals surface area contributed by atoms with Crippen LogP contribution >= 0.6 is 0 Å². The van der Waals surface area contributed by atoms with Crippen molar-refractivity contribution in [2.75, 3.05) is 37.9 Å². The van der Waals surface area contributed by atoms with Gasteiger partial charge in [-0.25, -0.2) is 4.98 Å². The molecule has 0 aliphatic carbocycles. The molecular formula is C24H25N7O2. The molecule has 1 amide bonds. The van der Waals surface area contributed by atoms with Gasteiger partial charge in [-0.2, -0.15) is 5.26 Å². The first-order valence-corrected chi connectivity index (χ1v) is 10.7. The number of allylic oxidation sites excluding steroid dienone is 1. The van der Waals surface area contributed by atoms with Crippen molar-refractivity contribution < 1.29 is 9.53 Å². The van der Waals surface area contributed by atoms with E-state index in [4.69, 9.17) is 16.9 Å². The Hall–Kier alpha value is -4.08. The minimum absolute atomic E-state index is 0.264. The van der Waals surface area contributed by atoms with Crippen molar-refractivity contribution in [3.05, 3.63) is 42.5 Å².